The molecule has 1 unspecified atom stereocenters. The Morgan fingerprint density at radius 1 is 0.941 bits per heavy atom. The molecular formula is C13H20O4. The molecule has 0 saturated carbocycles. The Bertz CT molecular complexity index is 349. The van der Waals surface area contributed by atoms with E-state index < -0.39 is 6.10 Å². The lowest BCUT2D eigenvalue weighted by molar-refractivity contribution is 0.126. The minimum atomic E-state index is -0.552. The first-order valence-electron chi connectivity index (χ1n) is 5.53. The Kier molecular flexibility index (Phi) is 4.63. The van der Waals surface area contributed by atoms with Gasteiger partial charge in [-0.2, -0.15) is 0 Å². The van der Waals surface area contributed by atoms with Crippen LogP contribution in [0.3, 0.4) is 0 Å². The maximum absolute atomic E-state index is 10.0. The first-order valence-corrected chi connectivity index (χ1v) is 5.53. The highest BCUT2D eigenvalue weighted by atomic mass is 16.5. The van der Waals surface area contributed by atoms with E-state index in [-0.39, 0.29) is 5.92 Å². The van der Waals surface area contributed by atoms with Crippen molar-refractivity contribution in [3.05, 3.63) is 17.7 Å². The second-order valence-corrected chi connectivity index (χ2v) is 4.15. The van der Waals surface area contributed by atoms with Gasteiger partial charge in [0.05, 0.1) is 27.4 Å². The summed E-state index contributed by atoms with van der Waals surface area (Å²) >= 11 is 0. The largest absolute Gasteiger partial charge is 0.493 e. The molecule has 1 N–H and O–H groups in total. The summed E-state index contributed by atoms with van der Waals surface area (Å²) < 4.78 is 15.7. The predicted octanol–water partition coefficient (Wildman–Crippen LogP) is 2.40. The van der Waals surface area contributed by atoms with Gasteiger partial charge in [-0.25, -0.2) is 0 Å². The van der Waals surface area contributed by atoms with Crippen LogP contribution in [0.25, 0.3) is 0 Å². The molecule has 4 nitrogen and oxygen atoms in total. The molecule has 0 heterocycles. The number of hydrogen-bond donors (Lipinski definition) is 1. The molecule has 17 heavy (non-hydrogen) atoms. The van der Waals surface area contributed by atoms with Gasteiger partial charge in [0.25, 0.3) is 0 Å². The van der Waals surface area contributed by atoms with Gasteiger partial charge in [-0.05, 0) is 23.6 Å². The molecule has 1 atom stereocenters. The lowest BCUT2D eigenvalue weighted by atomic mass is 9.98. The van der Waals surface area contributed by atoms with E-state index in [1.165, 1.54) is 0 Å². The minimum absolute atomic E-state index is 0.123. The van der Waals surface area contributed by atoms with Gasteiger partial charge < -0.3 is 19.3 Å². The van der Waals surface area contributed by atoms with Crippen molar-refractivity contribution in [3.63, 3.8) is 0 Å². The summed E-state index contributed by atoms with van der Waals surface area (Å²) in [6.45, 7) is 3.90. The van der Waals surface area contributed by atoms with E-state index in [0.717, 1.165) is 5.56 Å². The van der Waals surface area contributed by atoms with Crippen molar-refractivity contribution in [1.82, 2.24) is 0 Å². The Morgan fingerprint density at radius 2 is 1.41 bits per heavy atom. The summed E-state index contributed by atoms with van der Waals surface area (Å²) in [5.41, 5.74) is 0.759. The normalized spacial score (nSPS) is 12.4. The van der Waals surface area contributed by atoms with Gasteiger partial charge in [-0.15, -0.1) is 0 Å². The highest BCUT2D eigenvalue weighted by Gasteiger charge is 2.19. The average molecular weight is 240 g/mol. The molecule has 1 aromatic rings. The predicted molar refractivity (Wildman–Crippen MR) is 65.9 cm³/mol. The van der Waals surface area contributed by atoms with Crippen molar-refractivity contribution in [1.29, 1.82) is 0 Å². The third-order valence-electron chi connectivity index (χ3n) is 2.66. The van der Waals surface area contributed by atoms with E-state index in [0.29, 0.717) is 17.2 Å². The van der Waals surface area contributed by atoms with Crippen molar-refractivity contribution >= 4 is 0 Å². The van der Waals surface area contributed by atoms with Crippen LogP contribution in [0.15, 0.2) is 12.1 Å². The molecule has 1 rings (SSSR count). The van der Waals surface area contributed by atoms with Gasteiger partial charge in [0, 0.05) is 0 Å². The fourth-order valence-corrected chi connectivity index (χ4v) is 1.66. The summed E-state index contributed by atoms with van der Waals surface area (Å²) in [4.78, 5) is 0. The van der Waals surface area contributed by atoms with E-state index in [1.54, 1.807) is 33.5 Å². The summed E-state index contributed by atoms with van der Waals surface area (Å²) in [5.74, 6) is 1.77. The summed E-state index contributed by atoms with van der Waals surface area (Å²) in [5, 5.41) is 10.0. The van der Waals surface area contributed by atoms with Crippen LogP contribution in [0, 0.1) is 5.92 Å². The lowest BCUT2D eigenvalue weighted by Crippen LogP contribution is -2.06. The van der Waals surface area contributed by atoms with Crippen LogP contribution in [-0.4, -0.2) is 26.4 Å². The zero-order valence-electron chi connectivity index (χ0n) is 11.0. The second-order valence-electron chi connectivity index (χ2n) is 4.15. The maximum Gasteiger partial charge on any atom is 0.203 e. The third kappa shape index (κ3) is 2.82. The number of benzene rings is 1. The van der Waals surface area contributed by atoms with Gasteiger partial charge in [0.1, 0.15) is 0 Å². The number of aliphatic hydroxyl groups excluding tert-OH is 1. The topological polar surface area (TPSA) is 47.9 Å². The molecule has 0 amide bonds. The number of aliphatic hydroxyl groups is 1. The maximum atomic E-state index is 10.0. The van der Waals surface area contributed by atoms with Gasteiger partial charge in [0.2, 0.25) is 5.75 Å². The van der Waals surface area contributed by atoms with E-state index in [2.05, 4.69) is 0 Å². The number of rotatable bonds is 5. The first kappa shape index (κ1) is 13.6. The molecule has 0 aromatic heterocycles. The van der Waals surface area contributed by atoms with E-state index in [9.17, 15) is 5.11 Å². The molecule has 1 aromatic carbocycles. The number of methoxy groups -OCH3 is 3. The SMILES string of the molecule is COc1cc(C(O)C(C)C)cc(OC)c1OC. The van der Waals surface area contributed by atoms with Crippen molar-refractivity contribution in [3.8, 4) is 17.2 Å². The standard InChI is InChI=1S/C13H20O4/c1-8(2)12(14)9-6-10(15-3)13(17-5)11(7-9)16-4/h6-8,12,14H,1-5H3. The molecule has 0 spiro atoms. The molecule has 0 aliphatic rings. The van der Waals surface area contributed by atoms with Gasteiger partial charge >= 0.3 is 0 Å². The zero-order valence-corrected chi connectivity index (χ0v) is 11.0. The molecule has 0 aliphatic carbocycles. The van der Waals surface area contributed by atoms with Crippen LogP contribution in [0.2, 0.25) is 0 Å². The fourth-order valence-electron chi connectivity index (χ4n) is 1.66. The highest BCUT2D eigenvalue weighted by Crippen LogP contribution is 2.40. The van der Waals surface area contributed by atoms with Crippen molar-refractivity contribution in [2.75, 3.05) is 21.3 Å². The molecule has 0 aliphatic heterocycles. The van der Waals surface area contributed by atoms with Crippen molar-refractivity contribution in [2.24, 2.45) is 5.92 Å². The van der Waals surface area contributed by atoms with E-state index in [1.807, 2.05) is 13.8 Å². The van der Waals surface area contributed by atoms with Crippen LogP contribution in [0.4, 0.5) is 0 Å². The zero-order chi connectivity index (χ0) is 13.0. The molecule has 0 fully saturated rings. The lowest BCUT2D eigenvalue weighted by Gasteiger charge is -2.19. The molecule has 96 valence electrons. The quantitative estimate of drug-likeness (QED) is 0.858. The van der Waals surface area contributed by atoms with Gasteiger partial charge in [0.15, 0.2) is 11.5 Å². The minimum Gasteiger partial charge on any atom is -0.493 e. The summed E-state index contributed by atoms with van der Waals surface area (Å²) in [6.07, 6.45) is -0.552. The third-order valence-corrected chi connectivity index (χ3v) is 2.66. The summed E-state index contributed by atoms with van der Waals surface area (Å²) in [6, 6.07) is 3.54. The molecule has 0 saturated heterocycles. The van der Waals surface area contributed by atoms with Crippen LogP contribution in [0.1, 0.15) is 25.5 Å². The summed E-state index contributed by atoms with van der Waals surface area (Å²) in [7, 11) is 4.67. The second kappa shape index (κ2) is 5.77. The van der Waals surface area contributed by atoms with Crippen LogP contribution in [0.5, 0.6) is 17.2 Å². The Labute approximate surface area is 102 Å². The van der Waals surface area contributed by atoms with E-state index >= 15 is 0 Å². The number of hydrogen-bond acceptors (Lipinski definition) is 4. The highest BCUT2D eigenvalue weighted by molar-refractivity contribution is 5.54. The van der Waals surface area contributed by atoms with Crippen LogP contribution < -0.4 is 14.2 Å². The molecule has 4 heteroatoms. The molecule has 0 radical (unpaired) electrons. The van der Waals surface area contributed by atoms with Crippen molar-refractivity contribution < 1.29 is 19.3 Å². The first-order chi connectivity index (χ1) is 8.04. The van der Waals surface area contributed by atoms with E-state index in [4.69, 9.17) is 14.2 Å². The molecule has 0 bridgehead atoms. The van der Waals surface area contributed by atoms with Crippen LogP contribution in [-0.2, 0) is 0 Å². The van der Waals surface area contributed by atoms with Gasteiger partial charge in [-0.3, -0.25) is 0 Å². The Morgan fingerprint density at radius 3 is 1.71 bits per heavy atom. The van der Waals surface area contributed by atoms with Crippen LogP contribution >= 0.6 is 0 Å². The Hall–Kier alpha value is -1.42. The molecular weight excluding hydrogens is 220 g/mol. The average Bonchev–Trinajstić information content (AvgIpc) is 2.35. The fraction of sp³-hybridized carbons (Fsp3) is 0.538. The van der Waals surface area contributed by atoms with Crippen molar-refractivity contribution in [2.45, 2.75) is 20.0 Å². The number of ether oxygens (including phenoxy) is 3. The van der Waals surface area contributed by atoms with Gasteiger partial charge in [-0.1, -0.05) is 13.8 Å². The Balaban J connectivity index is 3.27. The smallest absolute Gasteiger partial charge is 0.203 e. The monoisotopic (exact) mass is 240 g/mol.